The van der Waals surface area contributed by atoms with Crippen molar-refractivity contribution >= 4 is 37.5 Å². The van der Waals surface area contributed by atoms with E-state index in [0.29, 0.717) is 31.2 Å². The average molecular weight is 484 g/mol. The maximum atomic E-state index is 13.6. The van der Waals surface area contributed by atoms with Crippen LogP contribution in [0.2, 0.25) is 0 Å². The molecule has 0 spiro atoms. The number of rotatable bonds is 3. The first-order valence-corrected chi connectivity index (χ1v) is 12.9. The Kier molecular flexibility index (Phi) is 6.08. The smallest absolute Gasteiger partial charge is 0.245 e. The predicted molar refractivity (Wildman–Crippen MR) is 118 cm³/mol. The van der Waals surface area contributed by atoms with Gasteiger partial charge < -0.3 is 4.90 Å². The number of nitrogens with zero attached hydrogens (tertiary/aromatic N) is 3. The van der Waals surface area contributed by atoms with Gasteiger partial charge in [-0.2, -0.15) is 4.31 Å². The van der Waals surface area contributed by atoms with Gasteiger partial charge in [-0.05, 0) is 43.9 Å². The third-order valence-corrected chi connectivity index (χ3v) is 9.01. The van der Waals surface area contributed by atoms with E-state index in [9.17, 15) is 13.2 Å². The van der Waals surface area contributed by atoms with Crippen molar-refractivity contribution in [2.24, 2.45) is 0 Å². The molecule has 0 radical (unpaired) electrons. The number of amides is 1. The van der Waals surface area contributed by atoms with E-state index in [2.05, 4.69) is 20.8 Å². The summed E-state index contributed by atoms with van der Waals surface area (Å²) in [5, 5.41) is 0. The van der Waals surface area contributed by atoms with Crippen LogP contribution >= 0.6 is 15.9 Å². The minimum Gasteiger partial charge on any atom is -0.308 e. The fourth-order valence-electron chi connectivity index (χ4n) is 5.25. The highest BCUT2D eigenvalue weighted by atomic mass is 79.9. The molecule has 3 aliphatic rings. The van der Waals surface area contributed by atoms with Crippen molar-refractivity contribution in [1.82, 2.24) is 9.21 Å². The van der Waals surface area contributed by atoms with Gasteiger partial charge in [0.2, 0.25) is 15.9 Å². The number of carbonyl (C=O) groups is 1. The van der Waals surface area contributed by atoms with Gasteiger partial charge in [-0.1, -0.05) is 35.2 Å². The van der Waals surface area contributed by atoms with Gasteiger partial charge in [0.25, 0.3) is 0 Å². The fraction of sp³-hybridized carbons (Fsp3) is 0.667. The number of fused-ring (bicyclic) bond motifs is 1. The fourth-order valence-corrected chi connectivity index (χ4v) is 7.57. The molecule has 1 aromatic carbocycles. The summed E-state index contributed by atoms with van der Waals surface area (Å²) >= 11 is 3.48. The number of hydrogen-bond donors (Lipinski definition) is 0. The summed E-state index contributed by atoms with van der Waals surface area (Å²) in [5.74, 6) is -0.114. The molecule has 4 rings (SSSR count). The number of piperazine rings is 1. The Labute approximate surface area is 182 Å². The quantitative estimate of drug-likeness (QED) is 0.660. The molecule has 2 fully saturated rings. The lowest BCUT2D eigenvalue weighted by Gasteiger charge is -2.40. The topological polar surface area (TPSA) is 60.9 Å². The largest absolute Gasteiger partial charge is 0.308 e. The maximum Gasteiger partial charge on any atom is 0.245 e. The molecule has 1 aliphatic carbocycles. The van der Waals surface area contributed by atoms with Crippen LogP contribution in [0.5, 0.6) is 0 Å². The zero-order valence-electron chi connectivity index (χ0n) is 17.2. The highest BCUT2D eigenvalue weighted by molar-refractivity contribution is 9.10. The number of anilines is 1. The molecule has 0 aromatic heterocycles. The van der Waals surface area contributed by atoms with Gasteiger partial charge in [0.15, 0.2) is 0 Å². The summed E-state index contributed by atoms with van der Waals surface area (Å²) in [4.78, 5) is 16.7. The molecule has 1 aromatic rings. The summed E-state index contributed by atoms with van der Waals surface area (Å²) in [6.45, 7) is 6.06. The monoisotopic (exact) mass is 483 g/mol. The van der Waals surface area contributed by atoms with Crippen molar-refractivity contribution in [3.63, 3.8) is 0 Å². The third kappa shape index (κ3) is 4.01. The molecule has 1 atom stereocenters. The Morgan fingerprint density at radius 3 is 2.34 bits per heavy atom. The van der Waals surface area contributed by atoms with Crippen LogP contribution in [0.25, 0.3) is 0 Å². The molecular formula is C21H30BrN3O3S. The first-order valence-electron chi connectivity index (χ1n) is 10.7. The van der Waals surface area contributed by atoms with Crippen LogP contribution in [0.3, 0.4) is 0 Å². The second-order valence-corrected chi connectivity index (χ2v) is 11.4. The lowest BCUT2D eigenvalue weighted by molar-refractivity contribution is -0.116. The van der Waals surface area contributed by atoms with Gasteiger partial charge in [0, 0.05) is 49.7 Å². The van der Waals surface area contributed by atoms with Crippen molar-refractivity contribution in [1.29, 1.82) is 0 Å². The summed E-state index contributed by atoms with van der Waals surface area (Å²) in [6, 6.07) is 4.18. The predicted octanol–water partition coefficient (Wildman–Crippen LogP) is 3.39. The van der Waals surface area contributed by atoms with Crippen molar-refractivity contribution < 1.29 is 13.2 Å². The minimum absolute atomic E-state index is 0.0334. The third-order valence-electron chi connectivity index (χ3n) is 6.64. The lowest BCUT2D eigenvalue weighted by atomic mass is 9.94. The minimum atomic E-state index is -3.67. The molecule has 8 heteroatoms. The van der Waals surface area contributed by atoms with Crippen molar-refractivity contribution in [3.05, 3.63) is 22.2 Å². The normalized spacial score (nSPS) is 24.7. The van der Waals surface area contributed by atoms with Gasteiger partial charge in [0.05, 0.1) is 5.69 Å². The molecule has 6 nitrogen and oxygen atoms in total. The zero-order valence-corrected chi connectivity index (χ0v) is 19.6. The Hall–Kier alpha value is -0.960. The molecule has 1 amide bonds. The van der Waals surface area contributed by atoms with Crippen molar-refractivity contribution in [3.8, 4) is 0 Å². The van der Waals surface area contributed by atoms with Gasteiger partial charge >= 0.3 is 0 Å². The van der Waals surface area contributed by atoms with Gasteiger partial charge in [0.1, 0.15) is 4.90 Å². The molecule has 29 heavy (non-hydrogen) atoms. The van der Waals surface area contributed by atoms with Crippen LogP contribution in [-0.2, 0) is 21.2 Å². The van der Waals surface area contributed by atoms with Crippen LogP contribution < -0.4 is 4.90 Å². The van der Waals surface area contributed by atoms with Crippen LogP contribution in [-0.4, -0.2) is 61.8 Å². The summed E-state index contributed by atoms with van der Waals surface area (Å²) in [6.07, 6.45) is 7.03. The van der Waals surface area contributed by atoms with E-state index in [1.807, 2.05) is 13.0 Å². The Balaban J connectivity index is 1.60. The Morgan fingerprint density at radius 2 is 1.72 bits per heavy atom. The maximum absolute atomic E-state index is 13.6. The summed E-state index contributed by atoms with van der Waals surface area (Å²) in [5.41, 5.74) is 1.49. The summed E-state index contributed by atoms with van der Waals surface area (Å²) in [7, 11) is -3.67. The van der Waals surface area contributed by atoms with Crippen LogP contribution in [0.1, 0.15) is 51.5 Å². The average Bonchev–Trinajstić information content (AvgIpc) is 3.03. The van der Waals surface area contributed by atoms with Gasteiger partial charge in [-0.25, -0.2) is 8.42 Å². The van der Waals surface area contributed by atoms with Crippen LogP contribution in [0.15, 0.2) is 21.5 Å². The van der Waals surface area contributed by atoms with E-state index < -0.39 is 10.0 Å². The van der Waals surface area contributed by atoms with E-state index >= 15 is 0 Å². The van der Waals surface area contributed by atoms with Gasteiger partial charge in [-0.15, -0.1) is 0 Å². The number of benzene rings is 1. The van der Waals surface area contributed by atoms with E-state index in [1.54, 1.807) is 15.3 Å². The second-order valence-electron chi connectivity index (χ2n) is 8.59. The molecule has 0 unspecified atom stereocenters. The van der Waals surface area contributed by atoms with E-state index in [4.69, 9.17) is 0 Å². The number of sulfonamides is 1. The van der Waals surface area contributed by atoms with Gasteiger partial charge in [-0.3, -0.25) is 9.69 Å². The molecule has 1 saturated heterocycles. The van der Waals surface area contributed by atoms with E-state index in [-0.39, 0.29) is 16.8 Å². The van der Waals surface area contributed by atoms with Crippen molar-refractivity contribution in [2.45, 2.75) is 69.4 Å². The number of carbonyl (C=O) groups excluding carboxylic acids is 1. The van der Waals surface area contributed by atoms with Crippen LogP contribution in [0, 0.1) is 0 Å². The Morgan fingerprint density at radius 1 is 1.07 bits per heavy atom. The lowest BCUT2D eigenvalue weighted by Crippen LogP contribution is -2.52. The molecule has 0 N–H and O–H groups in total. The highest BCUT2D eigenvalue weighted by Gasteiger charge is 2.39. The van der Waals surface area contributed by atoms with Crippen LogP contribution in [0.4, 0.5) is 5.69 Å². The van der Waals surface area contributed by atoms with E-state index in [0.717, 1.165) is 23.1 Å². The number of halogens is 1. The molecular weight excluding hydrogens is 454 g/mol. The number of hydrogen-bond acceptors (Lipinski definition) is 4. The molecule has 2 heterocycles. The second kappa shape index (κ2) is 8.29. The molecule has 2 aliphatic heterocycles. The highest BCUT2D eigenvalue weighted by Crippen LogP contribution is 2.41. The first kappa shape index (κ1) is 21.3. The first-order chi connectivity index (χ1) is 13.8. The standard InChI is InChI=1S/C21H30BrN3O3S/c1-15-12-17-13-18(22)14-20(21(17)25(15)16(2)26)29(27,28)24-10-8-23(9-11-24)19-6-4-3-5-7-19/h13-15,19H,3-12H2,1-2H3/t15-/m1/s1. The molecule has 0 bridgehead atoms. The molecule has 160 valence electrons. The Bertz CT molecular complexity index is 891. The zero-order chi connectivity index (χ0) is 20.8. The summed E-state index contributed by atoms with van der Waals surface area (Å²) < 4.78 is 29.6. The van der Waals surface area contributed by atoms with E-state index in [1.165, 1.54) is 39.0 Å². The van der Waals surface area contributed by atoms with Crippen molar-refractivity contribution in [2.75, 3.05) is 31.1 Å². The SMILES string of the molecule is CC(=O)N1c2c(cc(Br)cc2S(=O)(=O)N2CCN(C3CCCCC3)CC2)C[C@H]1C. The molecule has 1 saturated carbocycles.